The normalized spacial score (nSPS) is 15.7. The molecular formula is C75H77F2LiN12O8S2. The fourth-order valence-corrected chi connectivity index (χ4v) is 17.0. The van der Waals surface area contributed by atoms with Crippen LogP contribution in [0.15, 0.2) is 142 Å². The second kappa shape index (κ2) is 31.1. The molecule has 10 aromatic rings. The number of fused-ring (bicyclic) bond motifs is 6. The van der Waals surface area contributed by atoms with E-state index in [9.17, 15) is 33.9 Å². The van der Waals surface area contributed by atoms with Crippen molar-refractivity contribution in [2.24, 2.45) is 25.9 Å². The van der Waals surface area contributed by atoms with Crippen LogP contribution in [0.4, 0.5) is 43.4 Å². The maximum Gasteiger partial charge on any atom is 1.00 e. The first-order chi connectivity index (χ1) is 47.5. The van der Waals surface area contributed by atoms with Crippen molar-refractivity contribution in [3.05, 3.63) is 208 Å². The summed E-state index contributed by atoms with van der Waals surface area (Å²) in [6.07, 6.45) is 22.8. The number of aryl methyl sites for hydroxylation is 6. The molecular weight excluding hydrogens is 1310 g/mol. The predicted molar refractivity (Wildman–Crippen MR) is 387 cm³/mol. The Kier molecular flexibility index (Phi) is 22.4. The van der Waals surface area contributed by atoms with Gasteiger partial charge in [0.05, 0.1) is 30.4 Å². The van der Waals surface area contributed by atoms with Crippen LogP contribution in [0, 0.1) is 23.5 Å². The molecule has 0 bridgehead atoms. The molecule has 25 heteroatoms. The Balaban J connectivity index is 0.000000198. The molecule has 20 nitrogen and oxygen atoms in total. The van der Waals surface area contributed by atoms with E-state index in [1.54, 1.807) is 63.1 Å². The Labute approximate surface area is 595 Å². The molecule has 2 aromatic carbocycles. The number of ketones is 2. The predicted octanol–water partition coefficient (Wildman–Crippen LogP) is 9.54. The van der Waals surface area contributed by atoms with Gasteiger partial charge in [-0.3, -0.25) is 28.8 Å². The minimum atomic E-state index is -0.617. The van der Waals surface area contributed by atoms with Crippen molar-refractivity contribution in [2.75, 3.05) is 46.6 Å². The molecule has 2 aliphatic heterocycles. The van der Waals surface area contributed by atoms with Gasteiger partial charge in [-0.15, -0.1) is 22.7 Å². The van der Waals surface area contributed by atoms with E-state index < -0.39 is 18.2 Å². The molecule has 512 valence electrons. The number of nitrogens with zero attached hydrogens (tertiary/aromatic N) is 10. The zero-order chi connectivity index (χ0) is 68.5. The van der Waals surface area contributed by atoms with Crippen LogP contribution in [0.1, 0.15) is 103 Å². The number of piperidine rings is 2. The fourth-order valence-electron chi connectivity index (χ4n) is 14.4. The number of aliphatic hydroxyl groups is 1. The average Bonchev–Trinajstić information content (AvgIpc) is 1.49. The third-order valence-corrected chi connectivity index (χ3v) is 21.8. The van der Waals surface area contributed by atoms with Crippen LogP contribution >= 0.6 is 22.7 Å². The number of carbonyl (C=O) groups excluding carboxylic acids is 2. The fraction of sp³-hybridized carbons (Fsp3) is 0.333. The monoisotopic (exact) mass is 1380 g/mol. The molecule has 100 heavy (non-hydrogen) atoms. The first-order valence-corrected chi connectivity index (χ1v) is 35.1. The van der Waals surface area contributed by atoms with E-state index in [0.717, 1.165) is 123 Å². The number of anilines is 6. The maximum atomic E-state index is 15.4. The summed E-state index contributed by atoms with van der Waals surface area (Å²) < 4.78 is 37.4. The number of rotatable bonds is 18. The van der Waals surface area contributed by atoms with Crippen molar-refractivity contribution >= 4 is 89.1 Å². The zero-order valence-corrected chi connectivity index (χ0v) is 58.1. The number of benzene rings is 2. The van der Waals surface area contributed by atoms with Crippen LogP contribution in [0.2, 0.25) is 0 Å². The number of carbonyl (C=O) groups is 2. The summed E-state index contributed by atoms with van der Waals surface area (Å²) in [4.78, 5) is 94.6. The quantitative estimate of drug-likeness (QED) is 0.0534. The zero-order valence-electron chi connectivity index (χ0n) is 56.5. The minimum Gasteiger partial charge on any atom is -0.870 e. The molecule has 0 amide bonds. The number of thiophene rings is 2. The van der Waals surface area contributed by atoms with Crippen molar-refractivity contribution in [3.8, 4) is 33.6 Å². The topological polar surface area (TPSA) is 254 Å². The molecule has 14 rings (SSSR count). The van der Waals surface area contributed by atoms with Gasteiger partial charge in [-0.25, -0.2) is 18.7 Å². The number of aromatic nitrogens is 8. The maximum absolute atomic E-state index is 15.4. The van der Waals surface area contributed by atoms with Crippen LogP contribution < -0.4 is 61.5 Å². The Bertz CT molecular complexity index is 4770. The summed E-state index contributed by atoms with van der Waals surface area (Å²) in [6.45, 7) is 11.7. The molecule has 10 heterocycles. The van der Waals surface area contributed by atoms with E-state index in [2.05, 4.69) is 43.8 Å². The molecule has 0 unspecified atom stereocenters. The van der Waals surface area contributed by atoms with Crippen LogP contribution in [0.5, 0.6) is 0 Å². The van der Waals surface area contributed by atoms with Crippen LogP contribution in [-0.2, 0) is 62.4 Å². The second-order valence-corrected chi connectivity index (χ2v) is 28.0. The van der Waals surface area contributed by atoms with Gasteiger partial charge in [-0.1, -0.05) is 32.2 Å². The molecule has 2 saturated heterocycles. The van der Waals surface area contributed by atoms with Crippen molar-refractivity contribution in [1.82, 2.24) is 38.7 Å². The summed E-state index contributed by atoms with van der Waals surface area (Å²) in [5.74, 6) is 1.83. The number of hydrogen-bond donors (Lipinski definition) is 3. The van der Waals surface area contributed by atoms with Gasteiger partial charge in [-0.2, -0.15) is 19.6 Å². The van der Waals surface area contributed by atoms with E-state index in [-0.39, 0.29) is 87.0 Å². The summed E-state index contributed by atoms with van der Waals surface area (Å²) in [5, 5.41) is 27.7. The number of pyridine rings is 4. The number of hydrogen-bond acceptors (Lipinski definition) is 18. The number of aliphatic hydroxyl groups excluding tert-OH is 1. The van der Waals surface area contributed by atoms with Gasteiger partial charge in [0.2, 0.25) is 0 Å². The summed E-state index contributed by atoms with van der Waals surface area (Å²) >= 11 is 3.00. The molecule has 8 aromatic heterocycles. The summed E-state index contributed by atoms with van der Waals surface area (Å²) in [6, 6.07) is 19.7. The first-order valence-electron chi connectivity index (χ1n) is 33.5. The van der Waals surface area contributed by atoms with Gasteiger partial charge in [-0.05, 0) is 184 Å². The molecule has 2 aliphatic carbocycles. The molecule has 0 radical (unpaired) electrons. The van der Waals surface area contributed by atoms with Crippen molar-refractivity contribution < 1.29 is 47.8 Å². The largest absolute Gasteiger partial charge is 1.00 e. The minimum absolute atomic E-state index is 0. The molecule has 4 aliphatic rings. The third kappa shape index (κ3) is 14.8. The second-order valence-electron chi connectivity index (χ2n) is 25.8. The smallest absolute Gasteiger partial charge is 0.870 e. The summed E-state index contributed by atoms with van der Waals surface area (Å²) in [7, 11) is 3.25. The van der Waals surface area contributed by atoms with E-state index >= 15 is 8.78 Å². The third-order valence-electron chi connectivity index (χ3n) is 19.3. The number of allylic oxidation sites excluding steroid dienone is 2. The standard InChI is InChI=1S/C38H39FN6O3S.C37H37FN6O4S.Li.H2O/c1-4-26(46)16-23-10-9-15-44(21-23)35-14-8-13-34(42-35)41-31-17-24(22-43(3)37(31)47)29-18-25(39)19-32(27(29)5-2)45-38(48)36-30(20-40-45)28-11-6-7-12-33(28)49-36;1-3-25(46)14-22-8-7-13-43(19-22)34-12-6-11-33(41-34)40-30-15-23(20-42(2)36(30)47)27-16-24(38)17-31(29(27)21-45)44-37(48)35-28(18-39-44)26-9-4-5-10-32(26)49-35;;/h4,8,13-14,17-20,22-23H,1,5-7,9-12,15-16,21H2,2-3H3,(H,41,42);3,6,11-12,15-18,20,22,45H,1,4-5,7-10,13-14,19,21H2,2H3,(H,40,41);;1H2/q;;+1;/p-1/t23-;22-;;/m11../s1. The first kappa shape index (κ1) is 72.0. The van der Waals surface area contributed by atoms with Gasteiger partial charge in [0.1, 0.15) is 55.7 Å². The number of nitrogens with one attached hydrogen (secondary N) is 2. The average molecular weight is 1380 g/mol. The molecule has 4 N–H and O–H groups in total. The number of halogens is 2. The van der Waals surface area contributed by atoms with Crippen LogP contribution in [-0.4, -0.2) is 87.0 Å². The Morgan fingerprint density at radius 1 is 0.610 bits per heavy atom. The van der Waals surface area contributed by atoms with Gasteiger partial charge < -0.3 is 40.2 Å². The Morgan fingerprint density at radius 3 is 1.47 bits per heavy atom. The van der Waals surface area contributed by atoms with Crippen molar-refractivity contribution in [3.63, 3.8) is 0 Å². The van der Waals surface area contributed by atoms with Gasteiger partial charge in [0, 0.05) is 115 Å². The van der Waals surface area contributed by atoms with E-state index in [1.807, 2.05) is 31.2 Å². The molecule has 0 saturated carbocycles. The Hall–Kier alpha value is -9.28. The van der Waals surface area contributed by atoms with E-state index in [1.165, 1.54) is 93.8 Å². The summed E-state index contributed by atoms with van der Waals surface area (Å²) in [5.41, 5.74) is 5.24. The van der Waals surface area contributed by atoms with Gasteiger partial charge in [0.25, 0.3) is 22.2 Å². The van der Waals surface area contributed by atoms with E-state index in [4.69, 9.17) is 9.97 Å². The van der Waals surface area contributed by atoms with Crippen molar-refractivity contribution in [1.29, 1.82) is 0 Å². The molecule has 2 atom stereocenters. The van der Waals surface area contributed by atoms with Gasteiger partial charge in [0.15, 0.2) is 11.6 Å². The SMILES string of the molecule is C=CC(=O)C[C@H]1CCCN(c2cccc(Nc3cc(-c4cc(F)cc(-n5ncc6c7c(sc6c5=O)CCCC7)c4CC)cn(C)c3=O)n2)C1.C=CC(=O)C[C@H]1CCCN(c2cccc(Nc3cc(-c4cc(F)cc(-n5ncc6c7c(sc6c5=O)CCCC7)c4CO)cn(C)c3=O)n2)C1.[Li+].[OH-]. The molecule has 0 spiro atoms. The molecule has 2 fully saturated rings. The van der Waals surface area contributed by atoms with Crippen LogP contribution in [0.3, 0.4) is 0 Å². The van der Waals surface area contributed by atoms with E-state index in [0.29, 0.717) is 86.9 Å². The van der Waals surface area contributed by atoms with Crippen LogP contribution in [0.25, 0.3) is 53.8 Å². The van der Waals surface area contributed by atoms with Crippen molar-refractivity contribution in [2.45, 2.75) is 110 Å². The Morgan fingerprint density at radius 2 is 1.04 bits per heavy atom. The van der Waals surface area contributed by atoms with Gasteiger partial charge >= 0.3 is 18.9 Å².